The Morgan fingerprint density at radius 2 is 1.78 bits per heavy atom. The maximum Gasteiger partial charge on any atom is 0.231 e. The Kier molecular flexibility index (Phi) is 9.75. The second-order valence-corrected chi connectivity index (χ2v) is 8.03. The van der Waals surface area contributed by atoms with E-state index in [2.05, 4.69) is 13.8 Å². The minimum absolute atomic E-state index is 0. The SMILES string of the molecule is CCCCCCCC[S+]([O-])C(C)Cc1ccc2c(c1)OCO2.[SiH4]. The van der Waals surface area contributed by atoms with Gasteiger partial charge in [-0.3, -0.25) is 0 Å². The van der Waals surface area contributed by atoms with Gasteiger partial charge in [-0.05, 0) is 48.4 Å². The highest BCUT2D eigenvalue weighted by Crippen LogP contribution is 2.33. The molecule has 0 spiro atoms. The van der Waals surface area contributed by atoms with Crippen LogP contribution in [0.25, 0.3) is 0 Å². The molecule has 23 heavy (non-hydrogen) atoms. The number of fused-ring (bicyclic) bond motifs is 1. The van der Waals surface area contributed by atoms with Gasteiger partial charge in [-0.15, -0.1) is 0 Å². The summed E-state index contributed by atoms with van der Waals surface area (Å²) in [5.74, 6) is 2.45. The van der Waals surface area contributed by atoms with Crippen LogP contribution in [0.1, 0.15) is 57.9 Å². The van der Waals surface area contributed by atoms with E-state index in [1.54, 1.807) is 0 Å². The lowest BCUT2D eigenvalue weighted by Gasteiger charge is -2.18. The Morgan fingerprint density at radius 1 is 1.09 bits per heavy atom. The quantitative estimate of drug-likeness (QED) is 0.368. The Morgan fingerprint density at radius 3 is 2.57 bits per heavy atom. The monoisotopic (exact) mass is 356 g/mol. The molecule has 1 aliphatic heterocycles. The van der Waals surface area contributed by atoms with Crippen molar-refractivity contribution in [1.82, 2.24) is 0 Å². The van der Waals surface area contributed by atoms with Crippen LogP contribution < -0.4 is 9.47 Å². The molecular formula is C18H32O3SSi. The average molecular weight is 357 g/mol. The van der Waals surface area contributed by atoms with Gasteiger partial charge in [-0.1, -0.05) is 49.8 Å². The number of unbranched alkanes of at least 4 members (excludes halogenated alkanes) is 5. The van der Waals surface area contributed by atoms with Crippen LogP contribution in [0, 0.1) is 0 Å². The van der Waals surface area contributed by atoms with Crippen molar-refractivity contribution in [1.29, 1.82) is 0 Å². The highest BCUT2D eigenvalue weighted by atomic mass is 32.2. The molecule has 0 radical (unpaired) electrons. The first kappa shape index (κ1) is 20.4. The van der Waals surface area contributed by atoms with Crippen LogP contribution in [0.3, 0.4) is 0 Å². The molecule has 0 saturated heterocycles. The van der Waals surface area contributed by atoms with E-state index in [0.29, 0.717) is 6.79 Å². The van der Waals surface area contributed by atoms with Gasteiger partial charge in [-0.2, -0.15) is 0 Å². The van der Waals surface area contributed by atoms with Crippen LogP contribution in [0.5, 0.6) is 11.5 Å². The highest BCUT2D eigenvalue weighted by molar-refractivity contribution is 7.91. The molecule has 1 aromatic rings. The number of hydrogen-bond acceptors (Lipinski definition) is 3. The fourth-order valence-electron chi connectivity index (χ4n) is 2.72. The Balaban J connectivity index is 0.00000264. The summed E-state index contributed by atoms with van der Waals surface area (Å²) < 4.78 is 23.0. The summed E-state index contributed by atoms with van der Waals surface area (Å²) in [6, 6.07) is 6.01. The molecule has 0 aromatic heterocycles. The van der Waals surface area contributed by atoms with Crippen molar-refractivity contribution in [2.75, 3.05) is 12.5 Å². The molecule has 2 unspecified atom stereocenters. The lowest BCUT2D eigenvalue weighted by atomic mass is 10.1. The zero-order valence-corrected chi connectivity index (χ0v) is 14.6. The molecule has 2 rings (SSSR count). The smallest absolute Gasteiger partial charge is 0.231 e. The molecule has 3 nitrogen and oxygen atoms in total. The summed E-state index contributed by atoms with van der Waals surface area (Å²) in [4.78, 5) is 0. The van der Waals surface area contributed by atoms with E-state index in [4.69, 9.17) is 9.47 Å². The van der Waals surface area contributed by atoms with Gasteiger partial charge in [0.25, 0.3) is 0 Å². The fraction of sp³-hybridized carbons (Fsp3) is 0.667. The summed E-state index contributed by atoms with van der Waals surface area (Å²) in [6.07, 6.45) is 8.32. The minimum Gasteiger partial charge on any atom is -0.616 e. The van der Waals surface area contributed by atoms with E-state index < -0.39 is 11.2 Å². The number of rotatable bonds is 10. The van der Waals surface area contributed by atoms with Crippen molar-refractivity contribution in [3.05, 3.63) is 23.8 Å². The average Bonchev–Trinajstić information content (AvgIpc) is 2.98. The molecule has 1 aromatic carbocycles. The first-order valence-corrected chi connectivity index (χ1v) is 9.84. The van der Waals surface area contributed by atoms with E-state index in [0.717, 1.165) is 30.1 Å². The zero-order valence-electron chi connectivity index (χ0n) is 13.8. The van der Waals surface area contributed by atoms with Crippen molar-refractivity contribution >= 4 is 22.1 Å². The Labute approximate surface area is 148 Å². The molecule has 0 amide bonds. The highest BCUT2D eigenvalue weighted by Gasteiger charge is 2.19. The van der Waals surface area contributed by atoms with Crippen molar-refractivity contribution in [2.24, 2.45) is 0 Å². The molecule has 0 bridgehead atoms. The summed E-state index contributed by atoms with van der Waals surface area (Å²) >= 11 is -0.743. The maximum absolute atomic E-state index is 12.3. The van der Waals surface area contributed by atoms with Gasteiger partial charge in [0, 0.05) is 6.42 Å². The predicted octanol–water partition coefficient (Wildman–Crippen LogP) is 3.00. The molecule has 0 saturated carbocycles. The maximum atomic E-state index is 12.3. The van der Waals surface area contributed by atoms with Gasteiger partial charge in [0.05, 0.1) is 0 Å². The molecule has 132 valence electrons. The Hall–Kier alpha value is -0.653. The minimum atomic E-state index is -0.743. The summed E-state index contributed by atoms with van der Waals surface area (Å²) in [5, 5.41) is 0.191. The van der Waals surface area contributed by atoms with Gasteiger partial charge >= 0.3 is 0 Å². The number of ether oxygens (including phenoxy) is 2. The van der Waals surface area contributed by atoms with Crippen LogP contribution in [0.15, 0.2) is 18.2 Å². The normalized spacial score (nSPS) is 15.1. The van der Waals surface area contributed by atoms with E-state index in [-0.39, 0.29) is 16.2 Å². The van der Waals surface area contributed by atoms with E-state index in [1.165, 1.54) is 37.7 Å². The first-order chi connectivity index (χ1) is 10.7. The van der Waals surface area contributed by atoms with E-state index in [9.17, 15) is 4.55 Å². The molecular weight excluding hydrogens is 324 g/mol. The van der Waals surface area contributed by atoms with Crippen LogP contribution in [0.2, 0.25) is 0 Å². The van der Waals surface area contributed by atoms with Gasteiger partial charge < -0.3 is 14.0 Å². The van der Waals surface area contributed by atoms with Gasteiger partial charge in [0.15, 0.2) is 11.5 Å². The second-order valence-electron chi connectivity index (χ2n) is 6.05. The van der Waals surface area contributed by atoms with Crippen LogP contribution in [0.4, 0.5) is 0 Å². The largest absolute Gasteiger partial charge is 0.616 e. The van der Waals surface area contributed by atoms with Crippen LogP contribution in [-0.2, 0) is 17.6 Å². The third kappa shape index (κ3) is 6.77. The van der Waals surface area contributed by atoms with Crippen molar-refractivity contribution < 1.29 is 14.0 Å². The van der Waals surface area contributed by atoms with Crippen molar-refractivity contribution in [2.45, 2.75) is 64.0 Å². The molecule has 5 heteroatoms. The first-order valence-electron chi connectivity index (χ1n) is 8.46. The second kappa shape index (κ2) is 11.0. The number of benzene rings is 1. The standard InChI is InChI=1S/C18H28O3S.H4Si/c1-3-4-5-6-7-8-11-22(19)15(2)12-16-9-10-17-18(13-16)21-14-20-17;/h9-10,13,15H,3-8,11-12,14H2,1-2H3;1H4. The van der Waals surface area contributed by atoms with Crippen LogP contribution in [-0.4, -0.2) is 33.3 Å². The van der Waals surface area contributed by atoms with Crippen LogP contribution >= 0.6 is 0 Å². The van der Waals surface area contributed by atoms with Crippen molar-refractivity contribution in [3.8, 4) is 11.5 Å². The third-order valence-electron chi connectivity index (χ3n) is 4.11. The fourth-order valence-corrected chi connectivity index (χ4v) is 3.99. The molecule has 0 N–H and O–H groups in total. The summed E-state index contributed by atoms with van der Waals surface area (Å²) in [6.45, 7) is 4.61. The van der Waals surface area contributed by atoms with E-state index >= 15 is 0 Å². The lowest BCUT2D eigenvalue weighted by molar-refractivity contribution is 0.174. The zero-order chi connectivity index (χ0) is 15.8. The number of hydrogen-bond donors (Lipinski definition) is 0. The summed E-state index contributed by atoms with van der Waals surface area (Å²) in [5.41, 5.74) is 1.17. The van der Waals surface area contributed by atoms with Gasteiger partial charge in [-0.25, -0.2) is 0 Å². The van der Waals surface area contributed by atoms with Gasteiger partial charge in [0.1, 0.15) is 11.0 Å². The molecule has 1 aliphatic rings. The van der Waals surface area contributed by atoms with E-state index in [1.807, 2.05) is 18.2 Å². The molecule has 1 heterocycles. The predicted molar refractivity (Wildman–Crippen MR) is 103 cm³/mol. The topological polar surface area (TPSA) is 41.5 Å². The third-order valence-corrected chi connectivity index (χ3v) is 5.86. The molecule has 0 aliphatic carbocycles. The Bertz CT molecular complexity index is 456. The summed E-state index contributed by atoms with van der Waals surface area (Å²) in [7, 11) is 0. The molecule has 2 atom stereocenters. The lowest BCUT2D eigenvalue weighted by Crippen LogP contribution is -2.23. The molecule has 0 fully saturated rings. The van der Waals surface area contributed by atoms with Crippen molar-refractivity contribution in [3.63, 3.8) is 0 Å². The van der Waals surface area contributed by atoms with Gasteiger partial charge in [0.2, 0.25) is 6.79 Å².